The van der Waals surface area contributed by atoms with Crippen LogP contribution in [0.3, 0.4) is 0 Å². The fourth-order valence-electron chi connectivity index (χ4n) is 5.07. The number of hydrogen-bond donors (Lipinski definition) is 0. The molecule has 2 saturated carbocycles. The molecule has 0 radical (unpaired) electrons. The smallest absolute Gasteiger partial charge is 0.0844 e. The van der Waals surface area contributed by atoms with Crippen LogP contribution in [0, 0.1) is 17.8 Å². The van der Waals surface area contributed by atoms with Gasteiger partial charge in [0.25, 0.3) is 0 Å². The molecule has 114 valence electrons. The summed E-state index contributed by atoms with van der Waals surface area (Å²) < 4.78 is 11.6. The van der Waals surface area contributed by atoms with Crippen molar-refractivity contribution in [1.82, 2.24) is 0 Å². The maximum atomic E-state index is 5.79. The molecule has 2 aliphatic heterocycles. The SMILES string of the molecule is C[Si](C)(C)CC(C1CCC2OC2C1)C1CCC2OC2C1. The maximum absolute atomic E-state index is 5.79. The van der Waals surface area contributed by atoms with Crippen molar-refractivity contribution in [3.63, 3.8) is 0 Å². The zero-order valence-electron chi connectivity index (χ0n) is 13.3. The highest BCUT2D eigenvalue weighted by molar-refractivity contribution is 6.76. The van der Waals surface area contributed by atoms with E-state index in [2.05, 4.69) is 19.6 Å². The molecule has 3 heteroatoms. The van der Waals surface area contributed by atoms with Crippen LogP contribution in [0.15, 0.2) is 0 Å². The molecule has 2 nitrogen and oxygen atoms in total. The van der Waals surface area contributed by atoms with Gasteiger partial charge in [0.05, 0.1) is 24.4 Å². The van der Waals surface area contributed by atoms with Gasteiger partial charge in [-0.3, -0.25) is 0 Å². The van der Waals surface area contributed by atoms with E-state index in [1.54, 1.807) is 0 Å². The van der Waals surface area contributed by atoms with Crippen molar-refractivity contribution in [3.05, 3.63) is 0 Å². The third-order valence-electron chi connectivity index (χ3n) is 6.15. The molecule has 2 heterocycles. The average Bonchev–Trinajstić information content (AvgIpc) is 3.26. The lowest BCUT2D eigenvalue weighted by molar-refractivity contribution is 0.172. The van der Waals surface area contributed by atoms with Crippen molar-refractivity contribution in [2.45, 2.75) is 88.6 Å². The minimum atomic E-state index is -0.987. The molecule has 4 aliphatic rings. The highest BCUT2D eigenvalue weighted by Crippen LogP contribution is 2.50. The third-order valence-corrected chi connectivity index (χ3v) is 7.84. The van der Waals surface area contributed by atoms with Crippen LogP contribution in [0.2, 0.25) is 25.7 Å². The number of fused-ring (bicyclic) bond motifs is 2. The number of ether oxygens (including phenoxy) is 2. The van der Waals surface area contributed by atoms with Crippen molar-refractivity contribution < 1.29 is 9.47 Å². The molecule has 0 N–H and O–H groups in total. The van der Waals surface area contributed by atoms with E-state index < -0.39 is 8.07 Å². The molecule has 20 heavy (non-hydrogen) atoms. The first kappa shape index (κ1) is 13.8. The monoisotopic (exact) mass is 294 g/mol. The van der Waals surface area contributed by atoms with Gasteiger partial charge >= 0.3 is 0 Å². The van der Waals surface area contributed by atoms with Crippen molar-refractivity contribution in [1.29, 1.82) is 0 Å². The molecular formula is C17H30O2Si. The highest BCUT2D eigenvalue weighted by Gasteiger charge is 2.50. The van der Waals surface area contributed by atoms with Gasteiger partial charge in [0.1, 0.15) is 0 Å². The van der Waals surface area contributed by atoms with Gasteiger partial charge in [-0.25, -0.2) is 0 Å². The summed E-state index contributed by atoms with van der Waals surface area (Å²) in [5.41, 5.74) is 0. The third kappa shape index (κ3) is 2.86. The van der Waals surface area contributed by atoms with E-state index in [-0.39, 0.29) is 0 Å². The van der Waals surface area contributed by atoms with Crippen molar-refractivity contribution in [3.8, 4) is 0 Å². The Hall–Kier alpha value is 0.137. The molecule has 0 aromatic carbocycles. The van der Waals surface area contributed by atoms with Crippen molar-refractivity contribution in [2.24, 2.45) is 17.8 Å². The van der Waals surface area contributed by atoms with Crippen LogP contribution in [-0.2, 0) is 9.47 Å². The van der Waals surface area contributed by atoms with Gasteiger partial charge in [-0.05, 0) is 56.3 Å². The molecule has 6 atom stereocenters. The Morgan fingerprint density at radius 1 is 0.800 bits per heavy atom. The zero-order valence-corrected chi connectivity index (χ0v) is 14.3. The topological polar surface area (TPSA) is 25.1 Å². The van der Waals surface area contributed by atoms with Gasteiger partial charge in [-0.1, -0.05) is 25.7 Å². The first-order valence-corrected chi connectivity index (χ1v) is 12.5. The second-order valence-electron chi connectivity index (χ2n) is 9.00. The second-order valence-corrected chi connectivity index (χ2v) is 14.5. The van der Waals surface area contributed by atoms with Crippen LogP contribution in [0.4, 0.5) is 0 Å². The molecule has 0 bridgehead atoms. The molecule has 2 saturated heterocycles. The van der Waals surface area contributed by atoms with Gasteiger partial charge in [0.2, 0.25) is 0 Å². The van der Waals surface area contributed by atoms with E-state index in [1.807, 2.05) is 0 Å². The summed E-state index contributed by atoms with van der Waals surface area (Å²) >= 11 is 0. The van der Waals surface area contributed by atoms with E-state index in [0.717, 1.165) is 17.8 Å². The Kier molecular flexibility index (Phi) is 3.32. The maximum Gasteiger partial charge on any atom is 0.0844 e. The minimum absolute atomic E-state index is 0.645. The summed E-state index contributed by atoms with van der Waals surface area (Å²) in [6, 6.07) is 1.52. The van der Waals surface area contributed by atoms with Gasteiger partial charge < -0.3 is 9.47 Å². The number of hydrogen-bond acceptors (Lipinski definition) is 2. The summed E-state index contributed by atoms with van der Waals surface area (Å²) in [6.45, 7) is 7.66. The van der Waals surface area contributed by atoms with E-state index in [0.29, 0.717) is 24.4 Å². The van der Waals surface area contributed by atoms with E-state index >= 15 is 0 Å². The molecule has 0 spiro atoms. The summed E-state index contributed by atoms with van der Waals surface area (Å²) in [5.74, 6) is 2.87. The highest BCUT2D eigenvalue weighted by atomic mass is 28.3. The summed E-state index contributed by atoms with van der Waals surface area (Å²) in [6.07, 6.45) is 10.9. The molecule has 4 fully saturated rings. The first-order valence-electron chi connectivity index (χ1n) is 8.80. The summed E-state index contributed by atoms with van der Waals surface area (Å²) in [5, 5.41) is 0. The van der Waals surface area contributed by atoms with Gasteiger partial charge in [0.15, 0.2) is 0 Å². The first-order chi connectivity index (χ1) is 9.49. The molecule has 2 aliphatic carbocycles. The van der Waals surface area contributed by atoms with Gasteiger partial charge in [0, 0.05) is 8.07 Å². The lowest BCUT2D eigenvalue weighted by Crippen LogP contribution is -2.36. The normalized spacial score (nSPS) is 48.1. The summed E-state index contributed by atoms with van der Waals surface area (Å²) in [4.78, 5) is 0. The zero-order chi connectivity index (χ0) is 13.9. The fraction of sp³-hybridized carbons (Fsp3) is 1.00. The predicted octanol–water partition coefficient (Wildman–Crippen LogP) is 4.08. The van der Waals surface area contributed by atoms with Crippen LogP contribution in [0.5, 0.6) is 0 Å². The summed E-state index contributed by atoms with van der Waals surface area (Å²) in [7, 11) is -0.987. The molecule has 0 amide bonds. The van der Waals surface area contributed by atoms with Crippen LogP contribution in [-0.4, -0.2) is 32.5 Å². The average molecular weight is 295 g/mol. The second kappa shape index (κ2) is 4.82. The molecule has 0 aromatic rings. The number of rotatable bonds is 4. The van der Waals surface area contributed by atoms with E-state index in [1.165, 1.54) is 44.6 Å². The number of epoxide rings is 2. The molecule has 4 rings (SSSR count). The Morgan fingerprint density at radius 2 is 1.30 bits per heavy atom. The Labute approximate surface area is 124 Å². The van der Waals surface area contributed by atoms with Gasteiger partial charge in [-0.15, -0.1) is 0 Å². The Morgan fingerprint density at radius 3 is 1.70 bits per heavy atom. The standard InChI is InChI=1S/C17H30O2Si/c1-20(2,3)10-13(11-4-6-14-16(8-11)18-14)12-5-7-15-17(9-12)19-15/h11-17H,4-10H2,1-3H3. The Balaban J connectivity index is 1.46. The molecular weight excluding hydrogens is 264 g/mol. The van der Waals surface area contributed by atoms with Crippen LogP contribution in [0.1, 0.15) is 38.5 Å². The van der Waals surface area contributed by atoms with E-state index in [9.17, 15) is 0 Å². The van der Waals surface area contributed by atoms with Crippen LogP contribution < -0.4 is 0 Å². The predicted molar refractivity (Wildman–Crippen MR) is 83.6 cm³/mol. The van der Waals surface area contributed by atoms with Crippen LogP contribution in [0.25, 0.3) is 0 Å². The Bertz CT molecular complexity index is 350. The fourth-order valence-corrected chi connectivity index (χ4v) is 7.15. The largest absolute Gasteiger partial charge is 0.370 e. The van der Waals surface area contributed by atoms with Gasteiger partial charge in [-0.2, -0.15) is 0 Å². The van der Waals surface area contributed by atoms with Crippen molar-refractivity contribution >= 4 is 8.07 Å². The lowest BCUT2D eigenvalue weighted by atomic mass is 9.70. The van der Waals surface area contributed by atoms with Crippen LogP contribution >= 0.6 is 0 Å². The molecule has 6 unspecified atom stereocenters. The van der Waals surface area contributed by atoms with Crippen molar-refractivity contribution in [2.75, 3.05) is 0 Å². The lowest BCUT2D eigenvalue weighted by Gasteiger charge is -2.39. The van der Waals surface area contributed by atoms with E-state index in [4.69, 9.17) is 9.47 Å². The quantitative estimate of drug-likeness (QED) is 0.576. The minimum Gasteiger partial charge on any atom is -0.370 e. The molecule has 0 aromatic heterocycles.